The van der Waals surface area contributed by atoms with Crippen LogP contribution in [0.25, 0.3) is 0 Å². The van der Waals surface area contributed by atoms with Crippen molar-refractivity contribution >= 4 is 18.2 Å². The molecule has 0 heterocycles. The molecule has 7 nitrogen and oxygen atoms in total. The predicted octanol–water partition coefficient (Wildman–Crippen LogP) is 3.42. The van der Waals surface area contributed by atoms with Gasteiger partial charge in [0, 0.05) is 13.3 Å². The van der Waals surface area contributed by atoms with Crippen molar-refractivity contribution in [3.8, 4) is 0 Å². The highest BCUT2D eigenvalue weighted by molar-refractivity contribution is 5.89. The lowest BCUT2D eigenvalue weighted by atomic mass is 10.2. The van der Waals surface area contributed by atoms with Gasteiger partial charge in [-0.25, -0.2) is 14.5 Å². The van der Waals surface area contributed by atoms with E-state index in [0.717, 1.165) is 4.90 Å². The molecule has 2 amide bonds. The molecule has 0 spiro atoms. The predicted molar refractivity (Wildman–Crippen MR) is 87.4 cm³/mol. The highest BCUT2D eigenvalue weighted by Gasteiger charge is 2.38. The van der Waals surface area contributed by atoms with Crippen LogP contribution < -0.4 is 0 Å². The minimum atomic E-state index is -0.796. The van der Waals surface area contributed by atoms with Crippen molar-refractivity contribution in [1.82, 2.24) is 4.90 Å². The maximum atomic E-state index is 12.5. The van der Waals surface area contributed by atoms with Crippen LogP contribution in [0.3, 0.4) is 0 Å². The smallest absolute Gasteiger partial charge is 0.420 e. The molecule has 0 fully saturated rings. The van der Waals surface area contributed by atoms with Crippen LogP contribution in [-0.4, -0.2) is 46.4 Å². The maximum Gasteiger partial charge on any atom is 0.420 e. The van der Waals surface area contributed by atoms with Crippen LogP contribution in [-0.2, 0) is 19.0 Å². The number of nitrogens with zero attached hydrogens (tertiary/aromatic N) is 1. The first-order chi connectivity index (χ1) is 10.8. The van der Waals surface area contributed by atoms with E-state index in [1.165, 1.54) is 6.92 Å². The number of hydrogen-bond donors (Lipinski definition) is 0. The third kappa shape index (κ3) is 6.60. The van der Waals surface area contributed by atoms with Crippen LogP contribution in [0.5, 0.6) is 0 Å². The molecular weight excluding hydrogens is 314 g/mol. The number of carbonyl (C=O) groups excluding carboxylic acids is 3. The SMILES string of the molecule is CC(=O)O[C@@H]1C=C[C@H](N(C(=O)OC(C)(C)C)C(=O)OC(C)(C)C)C1. The second kappa shape index (κ2) is 7.23. The molecule has 1 aliphatic carbocycles. The minimum absolute atomic E-state index is 0.276. The Hall–Kier alpha value is -2.05. The van der Waals surface area contributed by atoms with Gasteiger partial charge in [-0.3, -0.25) is 4.79 Å². The van der Waals surface area contributed by atoms with Crippen molar-refractivity contribution in [3.05, 3.63) is 12.2 Å². The number of esters is 1. The van der Waals surface area contributed by atoms with Crippen molar-refractivity contribution in [2.24, 2.45) is 0 Å². The molecular formula is C17H27NO6. The molecule has 1 rings (SSSR count). The van der Waals surface area contributed by atoms with Crippen LogP contribution in [0.2, 0.25) is 0 Å². The molecule has 24 heavy (non-hydrogen) atoms. The summed E-state index contributed by atoms with van der Waals surface area (Å²) < 4.78 is 15.7. The second-order valence-electron chi connectivity index (χ2n) is 7.67. The molecule has 0 aromatic carbocycles. The summed E-state index contributed by atoms with van der Waals surface area (Å²) in [5.41, 5.74) is -1.51. The largest absolute Gasteiger partial charge is 0.458 e. The Morgan fingerprint density at radius 3 is 1.75 bits per heavy atom. The van der Waals surface area contributed by atoms with Gasteiger partial charge in [0.1, 0.15) is 17.3 Å². The third-order valence-electron chi connectivity index (χ3n) is 2.85. The number of imide groups is 1. The van der Waals surface area contributed by atoms with Gasteiger partial charge in [0.25, 0.3) is 0 Å². The lowest BCUT2D eigenvalue weighted by Gasteiger charge is -2.31. The second-order valence-corrected chi connectivity index (χ2v) is 7.67. The Kier molecular flexibility index (Phi) is 6.03. The number of carbonyl (C=O) groups is 3. The number of ether oxygens (including phenoxy) is 3. The van der Waals surface area contributed by atoms with Gasteiger partial charge in [0.2, 0.25) is 0 Å². The van der Waals surface area contributed by atoms with Crippen LogP contribution in [0.15, 0.2) is 12.2 Å². The fourth-order valence-electron chi connectivity index (χ4n) is 2.11. The van der Waals surface area contributed by atoms with Gasteiger partial charge in [-0.05, 0) is 47.6 Å². The first kappa shape index (κ1) is 20.0. The average molecular weight is 341 g/mol. The summed E-state index contributed by atoms with van der Waals surface area (Å²) in [6, 6.07) is -0.598. The van der Waals surface area contributed by atoms with Gasteiger partial charge in [0.05, 0.1) is 6.04 Å². The van der Waals surface area contributed by atoms with Gasteiger partial charge in [-0.15, -0.1) is 0 Å². The molecule has 0 unspecified atom stereocenters. The van der Waals surface area contributed by atoms with Gasteiger partial charge < -0.3 is 14.2 Å². The van der Waals surface area contributed by atoms with E-state index in [1.807, 2.05) is 0 Å². The van der Waals surface area contributed by atoms with E-state index >= 15 is 0 Å². The average Bonchev–Trinajstić information content (AvgIpc) is 2.70. The molecule has 1 aliphatic rings. The molecule has 2 atom stereocenters. The highest BCUT2D eigenvalue weighted by atomic mass is 16.6. The van der Waals surface area contributed by atoms with E-state index in [2.05, 4.69) is 0 Å². The molecule has 7 heteroatoms. The van der Waals surface area contributed by atoms with Crippen LogP contribution >= 0.6 is 0 Å². The van der Waals surface area contributed by atoms with Gasteiger partial charge >= 0.3 is 18.2 Å². The zero-order chi connectivity index (χ0) is 18.7. The summed E-state index contributed by atoms with van der Waals surface area (Å²) in [7, 11) is 0. The first-order valence-electron chi connectivity index (χ1n) is 7.89. The summed E-state index contributed by atoms with van der Waals surface area (Å²) in [6.45, 7) is 11.6. The highest BCUT2D eigenvalue weighted by Crippen LogP contribution is 2.24. The fourth-order valence-corrected chi connectivity index (χ4v) is 2.11. The normalized spacial score (nSPS) is 20.5. The zero-order valence-electron chi connectivity index (χ0n) is 15.4. The van der Waals surface area contributed by atoms with Crippen LogP contribution in [0.4, 0.5) is 9.59 Å². The minimum Gasteiger partial charge on any atom is -0.458 e. The van der Waals surface area contributed by atoms with Crippen molar-refractivity contribution in [1.29, 1.82) is 0 Å². The summed E-state index contributed by atoms with van der Waals surface area (Å²) >= 11 is 0. The summed E-state index contributed by atoms with van der Waals surface area (Å²) in [5, 5.41) is 0. The van der Waals surface area contributed by atoms with Crippen LogP contribution in [0.1, 0.15) is 54.9 Å². The van der Waals surface area contributed by atoms with Crippen molar-refractivity contribution in [2.75, 3.05) is 0 Å². The van der Waals surface area contributed by atoms with Gasteiger partial charge in [-0.2, -0.15) is 0 Å². The van der Waals surface area contributed by atoms with Crippen molar-refractivity contribution in [2.45, 2.75) is 78.2 Å². The van der Waals surface area contributed by atoms with E-state index in [0.29, 0.717) is 0 Å². The molecule has 136 valence electrons. The molecule has 0 aliphatic heterocycles. The van der Waals surface area contributed by atoms with E-state index in [1.54, 1.807) is 53.7 Å². The molecule has 0 aromatic rings. The summed E-state index contributed by atoms with van der Waals surface area (Å²) in [4.78, 5) is 36.9. The number of hydrogen-bond acceptors (Lipinski definition) is 6. The fraction of sp³-hybridized carbons (Fsp3) is 0.706. The van der Waals surface area contributed by atoms with Crippen molar-refractivity contribution in [3.63, 3.8) is 0 Å². The quantitative estimate of drug-likeness (QED) is 0.435. The van der Waals surface area contributed by atoms with Crippen LogP contribution in [0, 0.1) is 0 Å². The van der Waals surface area contributed by atoms with Gasteiger partial charge in [0.15, 0.2) is 0 Å². The topological polar surface area (TPSA) is 82.1 Å². The van der Waals surface area contributed by atoms with E-state index in [-0.39, 0.29) is 6.42 Å². The Morgan fingerprint density at radius 2 is 1.38 bits per heavy atom. The Morgan fingerprint density at radius 1 is 0.917 bits per heavy atom. The Balaban J connectivity index is 2.94. The molecule has 0 aromatic heterocycles. The molecule has 0 saturated carbocycles. The standard InChI is InChI=1S/C17H27NO6/c1-11(19)22-13-9-8-12(10-13)18(14(20)23-16(2,3)4)15(21)24-17(5,6)7/h8-9,12-13H,10H2,1-7H3/t12-,13+/m0/s1. The zero-order valence-corrected chi connectivity index (χ0v) is 15.4. The number of rotatable bonds is 2. The summed E-state index contributed by atoms with van der Waals surface area (Å²) in [6.07, 6.45) is 1.48. The first-order valence-corrected chi connectivity index (χ1v) is 7.89. The summed E-state index contributed by atoms with van der Waals surface area (Å²) in [5.74, 6) is -0.425. The van der Waals surface area contributed by atoms with E-state index in [4.69, 9.17) is 14.2 Å². The Bertz CT molecular complexity index is 498. The molecule has 0 bridgehead atoms. The number of amides is 2. The maximum absolute atomic E-state index is 12.5. The van der Waals surface area contributed by atoms with E-state index in [9.17, 15) is 14.4 Å². The van der Waals surface area contributed by atoms with E-state index < -0.39 is 41.5 Å². The third-order valence-corrected chi connectivity index (χ3v) is 2.85. The molecule has 0 radical (unpaired) electrons. The van der Waals surface area contributed by atoms with Gasteiger partial charge in [-0.1, -0.05) is 6.08 Å². The molecule has 0 saturated heterocycles. The lowest BCUT2D eigenvalue weighted by molar-refractivity contribution is -0.144. The van der Waals surface area contributed by atoms with Crippen molar-refractivity contribution < 1.29 is 28.6 Å². The Labute approximate surface area is 142 Å². The monoisotopic (exact) mass is 341 g/mol. The molecule has 0 N–H and O–H groups in total. The lowest BCUT2D eigenvalue weighted by Crippen LogP contribution is -2.48.